The zero-order chi connectivity index (χ0) is 26.0. The van der Waals surface area contributed by atoms with Crippen LogP contribution >= 0.6 is 11.3 Å². The monoisotopic (exact) mass is 514 g/mol. The minimum atomic E-state index is -0.967. The average Bonchev–Trinajstić information content (AvgIpc) is 3.52. The third-order valence-electron chi connectivity index (χ3n) is 6.82. The number of anilines is 1. The summed E-state index contributed by atoms with van der Waals surface area (Å²) in [6, 6.07) is 13.8. The predicted octanol–water partition coefficient (Wildman–Crippen LogP) is 6.00. The minimum absolute atomic E-state index is 0.0170. The highest BCUT2D eigenvalue weighted by molar-refractivity contribution is 7.22. The van der Waals surface area contributed by atoms with E-state index in [-0.39, 0.29) is 17.4 Å². The molecule has 8 heteroatoms. The molecule has 1 fully saturated rings. The van der Waals surface area contributed by atoms with E-state index in [1.165, 1.54) is 40.5 Å². The molecule has 0 radical (unpaired) electrons. The summed E-state index contributed by atoms with van der Waals surface area (Å²) in [4.78, 5) is 32.9. The normalized spacial score (nSPS) is 20.5. The Balaban J connectivity index is 1.54. The SMILES string of the molecule is Cc1cc(C)c2nc(N3C(=O)C(=O)C(=C(O)c4ccc5c(c4)C[C@H](C)O5)[C@@H]3c3ccc(F)cc3)sc2c1. The maximum atomic E-state index is 13.8. The summed E-state index contributed by atoms with van der Waals surface area (Å²) < 4.78 is 20.5. The summed E-state index contributed by atoms with van der Waals surface area (Å²) in [7, 11) is 0. The Morgan fingerprint density at radius 2 is 1.86 bits per heavy atom. The van der Waals surface area contributed by atoms with Crippen LogP contribution in [0.15, 0.2) is 60.2 Å². The summed E-state index contributed by atoms with van der Waals surface area (Å²) in [5, 5.41) is 11.8. The molecule has 0 saturated carbocycles. The first-order valence-electron chi connectivity index (χ1n) is 12.0. The van der Waals surface area contributed by atoms with E-state index in [2.05, 4.69) is 0 Å². The van der Waals surface area contributed by atoms with E-state index in [9.17, 15) is 19.1 Å². The van der Waals surface area contributed by atoms with Crippen LogP contribution in [0.2, 0.25) is 0 Å². The van der Waals surface area contributed by atoms with Crippen LogP contribution in [0.4, 0.5) is 9.52 Å². The van der Waals surface area contributed by atoms with E-state index in [1.807, 2.05) is 32.9 Å². The Morgan fingerprint density at radius 1 is 1.11 bits per heavy atom. The number of aliphatic hydroxyl groups is 1. The van der Waals surface area contributed by atoms with Gasteiger partial charge in [0.05, 0.1) is 21.8 Å². The van der Waals surface area contributed by atoms with Gasteiger partial charge in [-0.2, -0.15) is 0 Å². The number of ether oxygens (including phenoxy) is 1. The van der Waals surface area contributed by atoms with Gasteiger partial charge in [-0.15, -0.1) is 0 Å². The molecular formula is C29H23FN2O4S. The molecule has 0 unspecified atom stereocenters. The van der Waals surface area contributed by atoms with Crippen LogP contribution in [-0.4, -0.2) is 27.9 Å². The molecule has 1 amide bonds. The van der Waals surface area contributed by atoms with E-state index in [4.69, 9.17) is 9.72 Å². The summed E-state index contributed by atoms with van der Waals surface area (Å²) in [6.45, 7) is 5.89. The van der Waals surface area contributed by atoms with Crippen molar-refractivity contribution in [2.24, 2.45) is 0 Å². The number of amides is 1. The van der Waals surface area contributed by atoms with E-state index in [0.29, 0.717) is 22.7 Å². The molecule has 6 nitrogen and oxygen atoms in total. The molecule has 186 valence electrons. The Bertz CT molecular complexity index is 1640. The Hall–Kier alpha value is -4.04. The van der Waals surface area contributed by atoms with E-state index in [0.717, 1.165) is 32.7 Å². The number of ketones is 1. The van der Waals surface area contributed by atoms with Gasteiger partial charge in [0.2, 0.25) is 0 Å². The molecule has 1 saturated heterocycles. The van der Waals surface area contributed by atoms with Gasteiger partial charge in [-0.3, -0.25) is 14.5 Å². The summed E-state index contributed by atoms with van der Waals surface area (Å²) in [6.07, 6.45) is 0.694. The van der Waals surface area contributed by atoms with E-state index >= 15 is 0 Å². The first-order chi connectivity index (χ1) is 17.7. The maximum absolute atomic E-state index is 13.8. The lowest BCUT2D eigenvalue weighted by atomic mass is 9.94. The van der Waals surface area contributed by atoms with Crippen LogP contribution in [0, 0.1) is 19.7 Å². The van der Waals surface area contributed by atoms with Crippen molar-refractivity contribution in [3.63, 3.8) is 0 Å². The van der Waals surface area contributed by atoms with Crippen LogP contribution in [0.1, 0.15) is 40.8 Å². The maximum Gasteiger partial charge on any atom is 0.301 e. The minimum Gasteiger partial charge on any atom is -0.507 e. The molecule has 4 aromatic rings. The summed E-state index contributed by atoms with van der Waals surface area (Å²) in [5.41, 5.74) is 4.54. The number of aliphatic hydroxyl groups excluding tert-OH is 1. The lowest BCUT2D eigenvalue weighted by Crippen LogP contribution is -2.29. The average molecular weight is 515 g/mol. The Kier molecular flexibility index (Phi) is 5.38. The third kappa shape index (κ3) is 3.79. The highest BCUT2D eigenvalue weighted by Gasteiger charge is 2.48. The van der Waals surface area contributed by atoms with Crippen molar-refractivity contribution < 1.29 is 23.8 Å². The second-order valence-electron chi connectivity index (χ2n) is 9.60. The fourth-order valence-corrected chi connectivity index (χ4v) is 6.35. The molecule has 0 aliphatic carbocycles. The van der Waals surface area contributed by atoms with Crippen molar-refractivity contribution in [3.8, 4) is 5.75 Å². The number of aryl methyl sites for hydroxylation is 2. The van der Waals surface area contributed by atoms with Crippen molar-refractivity contribution in [2.75, 3.05) is 4.90 Å². The van der Waals surface area contributed by atoms with Crippen molar-refractivity contribution in [2.45, 2.75) is 39.3 Å². The third-order valence-corrected chi connectivity index (χ3v) is 7.83. The van der Waals surface area contributed by atoms with E-state index in [1.54, 1.807) is 18.2 Å². The van der Waals surface area contributed by atoms with Crippen LogP contribution in [-0.2, 0) is 16.0 Å². The number of carbonyl (C=O) groups excluding carboxylic acids is 2. The van der Waals surface area contributed by atoms with Gasteiger partial charge in [-0.05, 0) is 79.4 Å². The predicted molar refractivity (Wildman–Crippen MR) is 141 cm³/mol. The zero-order valence-corrected chi connectivity index (χ0v) is 21.2. The molecule has 37 heavy (non-hydrogen) atoms. The highest BCUT2D eigenvalue weighted by atomic mass is 32.1. The molecule has 0 bridgehead atoms. The number of Topliss-reactive ketones (excluding diaryl/α,β-unsaturated/α-hetero) is 1. The molecule has 3 aromatic carbocycles. The fourth-order valence-electron chi connectivity index (χ4n) is 5.18. The fraction of sp³-hybridized carbons (Fsp3) is 0.207. The molecule has 1 N–H and O–H groups in total. The molecule has 2 aliphatic heterocycles. The number of fused-ring (bicyclic) bond motifs is 2. The molecule has 0 spiro atoms. The van der Waals surface area contributed by atoms with Crippen molar-refractivity contribution >= 4 is 44.1 Å². The van der Waals surface area contributed by atoms with Gasteiger partial charge in [-0.25, -0.2) is 9.37 Å². The number of benzene rings is 3. The second-order valence-corrected chi connectivity index (χ2v) is 10.6. The Morgan fingerprint density at radius 3 is 2.62 bits per heavy atom. The topological polar surface area (TPSA) is 79.7 Å². The van der Waals surface area contributed by atoms with Crippen LogP contribution < -0.4 is 9.64 Å². The van der Waals surface area contributed by atoms with Crippen LogP contribution in [0.3, 0.4) is 0 Å². The van der Waals surface area contributed by atoms with Crippen LogP contribution in [0.5, 0.6) is 5.75 Å². The van der Waals surface area contributed by atoms with Gasteiger partial charge in [0.25, 0.3) is 5.78 Å². The molecule has 2 aliphatic rings. The first kappa shape index (κ1) is 23.4. The molecular weight excluding hydrogens is 491 g/mol. The number of aromatic nitrogens is 1. The molecule has 6 rings (SSSR count). The quantitative estimate of drug-likeness (QED) is 0.206. The first-order valence-corrected chi connectivity index (χ1v) is 12.8. The lowest BCUT2D eigenvalue weighted by Gasteiger charge is -2.23. The van der Waals surface area contributed by atoms with Crippen LogP contribution in [0.25, 0.3) is 16.0 Å². The Labute approximate surface area is 216 Å². The van der Waals surface area contributed by atoms with Gasteiger partial charge >= 0.3 is 5.91 Å². The number of carbonyl (C=O) groups is 2. The smallest absolute Gasteiger partial charge is 0.301 e. The van der Waals surface area contributed by atoms with Gasteiger partial charge in [0.1, 0.15) is 23.4 Å². The number of hydrogen-bond acceptors (Lipinski definition) is 6. The number of rotatable bonds is 3. The van der Waals surface area contributed by atoms with Crippen molar-refractivity contribution in [1.29, 1.82) is 0 Å². The van der Waals surface area contributed by atoms with Crippen molar-refractivity contribution in [1.82, 2.24) is 4.98 Å². The second kappa shape index (κ2) is 8.52. The standard InChI is InChI=1S/C29H23FN2O4S/c1-14-10-15(2)24-22(11-14)37-29(31-24)32-25(17-4-7-20(30)8-5-17)23(27(34)28(32)35)26(33)18-6-9-21-19(13-18)12-16(3)36-21/h4-11,13,16,25,33H,12H2,1-3H3/t16-,25-/m0/s1. The number of nitrogens with zero attached hydrogens (tertiary/aromatic N) is 2. The van der Waals surface area contributed by atoms with E-state index < -0.39 is 23.5 Å². The number of halogens is 1. The molecule has 1 aromatic heterocycles. The van der Waals surface area contributed by atoms with Gasteiger partial charge in [-0.1, -0.05) is 29.5 Å². The van der Waals surface area contributed by atoms with Gasteiger partial charge in [0.15, 0.2) is 5.13 Å². The van der Waals surface area contributed by atoms with Gasteiger partial charge < -0.3 is 9.84 Å². The largest absolute Gasteiger partial charge is 0.507 e. The van der Waals surface area contributed by atoms with Gasteiger partial charge in [0, 0.05) is 12.0 Å². The number of thiazole rings is 1. The number of hydrogen-bond donors (Lipinski definition) is 1. The molecule has 2 atom stereocenters. The zero-order valence-electron chi connectivity index (χ0n) is 20.4. The lowest BCUT2D eigenvalue weighted by molar-refractivity contribution is -0.132. The highest BCUT2D eigenvalue weighted by Crippen LogP contribution is 2.45. The molecule has 3 heterocycles. The summed E-state index contributed by atoms with van der Waals surface area (Å²) in [5.74, 6) is -1.60. The van der Waals surface area contributed by atoms with Crippen molar-refractivity contribution in [3.05, 3.63) is 93.8 Å². The summed E-state index contributed by atoms with van der Waals surface area (Å²) >= 11 is 1.30.